The summed E-state index contributed by atoms with van der Waals surface area (Å²) < 4.78 is 17.9. The Morgan fingerprint density at radius 3 is 2.88 bits per heavy atom. The Morgan fingerprint density at radius 1 is 1.56 bits per heavy atom. The molecule has 16 heavy (non-hydrogen) atoms. The fourth-order valence-corrected chi connectivity index (χ4v) is 1.41. The third kappa shape index (κ3) is 3.34. The lowest BCUT2D eigenvalue weighted by atomic mass is 10.2. The van der Waals surface area contributed by atoms with E-state index < -0.39 is 5.97 Å². The number of esters is 1. The average Bonchev–Trinajstić information content (AvgIpc) is 2.25. The molecule has 0 fully saturated rings. The minimum atomic E-state index is -0.452. The molecule has 0 saturated carbocycles. The lowest BCUT2D eigenvalue weighted by molar-refractivity contribution is -0.134. The molecule has 5 heteroatoms. The molecule has 0 spiro atoms. The van der Waals surface area contributed by atoms with E-state index in [2.05, 4.69) is 26.0 Å². The first kappa shape index (κ1) is 12.7. The Morgan fingerprint density at radius 2 is 2.25 bits per heavy atom. The number of hydrogen-bond acceptors (Lipinski definition) is 3. The van der Waals surface area contributed by atoms with Crippen molar-refractivity contribution in [3.63, 3.8) is 0 Å². The molecule has 0 bridgehead atoms. The number of hydrogen-bond donors (Lipinski definition) is 1. The molecule has 0 aliphatic rings. The van der Waals surface area contributed by atoms with Crippen molar-refractivity contribution in [2.45, 2.75) is 6.92 Å². The first-order chi connectivity index (χ1) is 7.54. The topological polar surface area (TPSA) is 38.3 Å². The normalized spacial score (nSPS) is 10.5. The molecule has 0 aromatic heterocycles. The Kier molecular flexibility index (Phi) is 4.49. The molecule has 0 unspecified atom stereocenters. The van der Waals surface area contributed by atoms with E-state index in [9.17, 15) is 9.18 Å². The lowest BCUT2D eigenvalue weighted by Crippen LogP contribution is -1.97. The molecule has 0 aliphatic heterocycles. The number of anilines is 1. The fraction of sp³-hybridized carbons (Fsp3) is 0.182. The third-order valence-corrected chi connectivity index (χ3v) is 2.53. The highest BCUT2D eigenvalue weighted by Crippen LogP contribution is 2.24. The van der Waals surface area contributed by atoms with E-state index in [-0.39, 0.29) is 5.82 Å². The first-order valence-electron chi connectivity index (χ1n) is 4.51. The fourth-order valence-electron chi connectivity index (χ4n) is 1.07. The van der Waals surface area contributed by atoms with Gasteiger partial charge in [0.15, 0.2) is 0 Å². The monoisotopic (exact) mass is 287 g/mol. The Labute approximate surface area is 101 Å². The van der Waals surface area contributed by atoms with E-state index in [4.69, 9.17) is 0 Å². The van der Waals surface area contributed by atoms with E-state index in [0.29, 0.717) is 10.2 Å². The Bertz CT molecular complexity index is 432. The summed E-state index contributed by atoms with van der Waals surface area (Å²) in [4.78, 5) is 10.8. The maximum Gasteiger partial charge on any atom is 0.331 e. The maximum atomic E-state index is 13.1. The van der Waals surface area contributed by atoms with Gasteiger partial charge in [-0.05, 0) is 40.5 Å². The van der Waals surface area contributed by atoms with E-state index in [1.807, 2.05) is 0 Å². The number of carbonyl (C=O) groups excluding carboxylic acids is 1. The second-order valence-corrected chi connectivity index (χ2v) is 3.94. The van der Waals surface area contributed by atoms with Crippen LogP contribution in [0.1, 0.15) is 5.56 Å². The van der Waals surface area contributed by atoms with Crippen LogP contribution in [0.15, 0.2) is 28.9 Å². The third-order valence-electron chi connectivity index (χ3n) is 1.93. The van der Waals surface area contributed by atoms with Gasteiger partial charge in [0.25, 0.3) is 0 Å². The lowest BCUT2D eigenvalue weighted by Gasteiger charge is -2.06. The number of nitrogens with one attached hydrogen (secondary N) is 1. The second kappa shape index (κ2) is 5.65. The van der Waals surface area contributed by atoms with Crippen molar-refractivity contribution in [1.82, 2.24) is 0 Å². The van der Waals surface area contributed by atoms with Crippen LogP contribution < -0.4 is 5.32 Å². The van der Waals surface area contributed by atoms with Gasteiger partial charge in [0, 0.05) is 18.0 Å². The highest BCUT2D eigenvalue weighted by molar-refractivity contribution is 9.10. The number of benzene rings is 1. The predicted molar refractivity (Wildman–Crippen MR) is 63.6 cm³/mol. The van der Waals surface area contributed by atoms with E-state index in [0.717, 1.165) is 5.56 Å². The zero-order valence-electron chi connectivity index (χ0n) is 8.88. The number of carbonyl (C=O) groups is 1. The molecule has 0 amide bonds. The summed E-state index contributed by atoms with van der Waals surface area (Å²) in [5.74, 6) is -0.772. The summed E-state index contributed by atoms with van der Waals surface area (Å²) in [6, 6.07) is 3.00. The van der Waals surface area contributed by atoms with Crippen molar-refractivity contribution in [3.8, 4) is 0 Å². The van der Waals surface area contributed by atoms with Crippen LogP contribution in [0.25, 0.3) is 0 Å². The van der Waals surface area contributed by atoms with Crippen molar-refractivity contribution in [1.29, 1.82) is 0 Å². The molecule has 1 N–H and O–H groups in total. The van der Waals surface area contributed by atoms with Crippen LogP contribution in [0.4, 0.5) is 10.1 Å². The predicted octanol–water partition coefficient (Wildman–Crippen LogP) is 3.00. The van der Waals surface area contributed by atoms with Gasteiger partial charge in [-0.3, -0.25) is 0 Å². The summed E-state index contributed by atoms with van der Waals surface area (Å²) in [5, 5.41) is 2.87. The second-order valence-electron chi connectivity index (χ2n) is 3.08. The minimum Gasteiger partial charge on any atom is -0.466 e. The van der Waals surface area contributed by atoms with Gasteiger partial charge in [-0.2, -0.15) is 0 Å². The van der Waals surface area contributed by atoms with E-state index >= 15 is 0 Å². The maximum absolute atomic E-state index is 13.1. The van der Waals surface area contributed by atoms with Gasteiger partial charge < -0.3 is 10.1 Å². The van der Waals surface area contributed by atoms with E-state index in [1.165, 1.54) is 25.5 Å². The average molecular weight is 288 g/mol. The molecule has 0 atom stereocenters. The van der Waals surface area contributed by atoms with Gasteiger partial charge in [0.2, 0.25) is 0 Å². The zero-order chi connectivity index (χ0) is 12.1. The zero-order valence-corrected chi connectivity index (χ0v) is 10.5. The molecule has 1 aromatic rings. The van der Waals surface area contributed by atoms with Gasteiger partial charge >= 0.3 is 5.97 Å². The van der Waals surface area contributed by atoms with Crippen molar-refractivity contribution in [2.75, 3.05) is 12.4 Å². The molecule has 0 heterocycles. The van der Waals surface area contributed by atoms with Gasteiger partial charge in [0.05, 0.1) is 11.6 Å². The minimum absolute atomic E-state index is 0.319. The van der Waals surface area contributed by atoms with Crippen LogP contribution >= 0.6 is 15.9 Å². The van der Waals surface area contributed by atoms with Crippen LogP contribution in [0.3, 0.4) is 0 Å². The van der Waals surface area contributed by atoms with Crippen LogP contribution in [-0.4, -0.2) is 13.1 Å². The molecule has 86 valence electrons. The number of halogens is 2. The van der Waals surface area contributed by atoms with Crippen LogP contribution in [0, 0.1) is 12.7 Å². The highest BCUT2D eigenvalue weighted by atomic mass is 79.9. The standard InChI is InChI=1S/C11H11BrFNO2/c1-7-5-9(13)8(12)6-10(7)14-4-3-11(15)16-2/h3-6,14H,1-2H3/b4-3+. The number of rotatable bonds is 3. The molecule has 0 saturated heterocycles. The molecule has 3 nitrogen and oxygen atoms in total. The molecular weight excluding hydrogens is 277 g/mol. The summed E-state index contributed by atoms with van der Waals surface area (Å²) in [7, 11) is 1.30. The smallest absolute Gasteiger partial charge is 0.331 e. The SMILES string of the molecule is COC(=O)/C=C/Nc1cc(Br)c(F)cc1C. The van der Waals surface area contributed by atoms with Crippen molar-refractivity contribution >= 4 is 27.6 Å². The summed E-state index contributed by atoms with van der Waals surface area (Å²) in [6.07, 6.45) is 2.69. The summed E-state index contributed by atoms with van der Waals surface area (Å²) in [5.41, 5.74) is 1.46. The van der Waals surface area contributed by atoms with Gasteiger partial charge in [-0.15, -0.1) is 0 Å². The van der Waals surface area contributed by atoms with Gasteiger partial charge in [-0.1, -0.05) is 0 Å². The van der Waals surface area contributed by atoms with Gasteiger partial charge in [-0.25, -0.2) is 9.18 Å². The van der Waals surface area contributed by atoms with Crippen molar-refractivity contribution in [3.05, 3.63) is 40.3 Å². The Hall–Kier alpha value is -1.36. The van der Waals surface area contributed by atoms with Crippen LogP contribution in [0.2, 0.25) is 0 Å². The molecular formula is C11H11BrFNO2. The molecule has 1 aromatic carbocycles. The summed E-state index contributed by atoms with van der Waals surface area (Å²) >= 11 is 3.08. The van der Waals surface area contributed by atoms with Gasteiger partial charge in [0.1, 0.15) is 5.82 Å². The largest absolute Gasteiger partial charge is 0.466 e. The molecule has 1 rings (SSSR count). The van der Waals surface area contributed by atoms with E-state index in [1.54, 1.807) is 13.0 Å². The van der Waals surface area contributed by atoms with Crippen molar-refractivity contribution in [2.24, 2.45) is 0 Å². The molecule has 0 radical (unpaired) electrons. The Balaban J connectivity index is 2.78. The number of ether oxygens (including phenoxy) is 1. The van der Waals surface area contributed by atoms with Crippen LogP contribution in [0.5, 0.6) is 0 Å². The quantitative estimate of drug-likeness (QED) is 0.686. The van der Waals surface area contributed by atoms with Crippen molar-refractivity contribution < 1.29 is 13.9 Å². The first-order valence-corrected chi connectivity index (χ1v) is 5.30. The van der Waals surface area contributed by atoms with Crippen LogP contribution in [-0.2, 0) is 9.53 Å². The molecule has 0 aliphatic carbocycles. The summed E-state index contributed by atoms with van der Waals surface area (Å²) in [6.45, 7) is 1.77. The number of aryl methyl sites for hydroxylation is 1. The number of methoxy groups -OCH3 is 1. The highest BCUT2D eigenvalue weighted by Gasteiger charge is 2.03.